The Kier molecular flexibility index (Phi) is 9.74. The first-order valence-electron chi connectivity index (χ1n) is 14.8. The zero-order chi connectivity index (χ0) is 29.0. The molecule has 2 saturated heterocycles. The minimum Gasteiger partial charge on any atom is -0.491 e. The minimum atomic E-state index is -0.519. The number of piperidine rings is 1. The molecule has 1 amide bonds. The molecule has 3 aliphatic rings. The lowest BCUT2D eigenvalue weighted by Crippen LogP contribution is -2.57. The molecule has 3 heterocycles. The minimum absolute atomic E-state index is 0.000881. The van der Waals surface area contributed by atoms with E-state index in [9.17, 15) is 4.79 Å². The SMILES string of the molecule is CC(C)=CCC[C@]1(C)Oc2cc(OCCOCCO)ccc2[C@H]2OC[C@@]3(CCCN(C(=O)OC(C)(C)C)C3)C[C@@H]21. The number of carbonyl (C=O) groups excluding carboxylic acids is 1. The third-order valence-corrected chi connectivity index (χ3v) is 8.24. The fourth-order valence-corrected chi connectivity index (χ4v) is 6.36. The van der Waals surface area contributed by atoms with Crippen LogP contribution in [0.2, 0.25) is 0 Å². The molecule has 0 bridgehead atoms. The Labute approximate surface area is 239 Å². The summed E-state index contributed by atoms with van der Waals surface area (Å²) >= 11 is 0. The smallest absolute Gasteiger partial charge is 0.410 e. The Morgan fingerprint density at radius 3 is 2.75 bits per heavy atom. The van der Waals surface area contributed by atoms with E-state index >= 15 is 0 Å². The lowest BCUT2D eigenvalue weighted by molar-refractivity contribution is -0.180. The van der Waals surface area contributed by atoms with Crippen molar-refractivity contribution in [2.45, 2.75) is 91.0 Å². The molecule has 0 unspecified atom stereocenters. The Morgan fingerprint density at radius 1 is 1.23 bits per heavy atom. The number of aliphatic hydroxyl groups is 1. The normalized spacial score (nSPS) is 27.8. The molecule has 3 aliphatic heterocycles. The zero-order valence-electron chi connectivity index (χ0n) is 25.3. The number of benzene rings is 1. The van der Waals surface area contributed by atoms with E-state index in [-0.39, 0.29) is 30.1 Å². The van der Waals surface area contributed by atoms with Gasteiger partial charge in [0.15, 0.2) is 0 Å². The number of nitrogens with zero attached hydrogens (tertiary/aromatic N) is 1. The standard InChI is InChI=1S/C32H49NO7/c1-23(2)9-7-12-31(6)26-20-32(13-8-14-33(21-32)29(35)40-30(3,4)5)22-38-28(26)25-11-10-24(19-27(25)39-31)37-18-17-36-16-15-34/h9-11,19,26,28,34H,7-8,12-18,20-22H2,1-6H3/t26-,28+,31-,32-/m0/s1. The number of ether oxygens (including phenoxy) is 5. The van der Waals surface area contributed by atoms with Crippen molar-refractivity contribution < 1.29 is 33.6 Å². The number of aliphatic hydroxyl groups excluding tert-OH is 1. The third kappa shape index (κ3) is 7.51. The molecule has 8 nitrogen and oxygen atoms in total. The molecule has 2 fully saturated rings. The van der Waals surface area contributed by atoms with Gasteiger partial charge in [0.2, 0.25) is 0 Å². The molecular weight excluding hydrogens is 510 g/mol. The van der Waals surface area contributed by atoms with Crippen LogP contribution in [0.1, 0.15) is 85.3 Å². The topological polar surface area (TPSA) is 86.7 Å². The molecule has 0 aromatic heterocycles. The number of allylic oxidation sites excluding steroid dienone is 2. The van der Waals surface area contributed by atoms with Crippen LogP contribution < -0.4 is 9.47 Å². The van der Waals surface area contributed by atoms with Crippen molar-refractivity contribution in [3.63, 3.8) is 0 Å². The molecule has 0 radical (unpaired) electrons. The third-order valence-electron chi connectivity index (χ3n) is 8.24. The average molecular weight is 560 g/mol. The average Bonchev–Trinajstić information content (AvgIpc) is 2.87. The van der Waals surface area contributed by atoms with Crippen LogP contribution in [0.25, 0.3) is 0 Å². The van der Waals surface area contributed by atoms with Crippen LogP contribution >= 0.6 is 0 Å². The van der Waals surface area contributed by atoms with Gasteiger partial charge in [0, 0.05) is 36.1 Å². The zero-order valence-corrected chi connectivity index (χ0v) is 25.3. The Bertz CT molecular complexity index is 1050. The predicted molar refractivity (Wildman–Crippen MR) is 154 cm³/mol. The number of rotatable bonds is 9. The molecule has 4 rings (SSSR count). The van der Waals surface area contributed by atoms with Crippen molar-refractivity contribution in [2.75, 3.05) is 46.1 Å². The predicted octanol–water partition coefficient (Wildman–Crippen LogP) is 6.07. The molecule has 40 heavy (non-hydrogen) atoms. The maximum atomic E-state index is 13.0. The van der Waals surface area contributed by atoms with Crippen LogP contribution in [-0.4, -0.2) is 73.4 Å². The molecule has 1 aromatic rings. The molecule has 1 aromatic carbocycles. The molecule has 8 heteroatoms. The Balaban J connectivity index is 1.55. The fourth-order valence-electron chi connectivity index (χ4n) is 6.36. The first-order valence-corrected chi connectivity index (χ1v) is 14.8. The monoisotopic (exact) mass is 559 g/mol. The van der Waals surface area contributed by atoms with Gasteiger partial charge in [-0.15, -0.1) is 0 Å². The summed E-state index contributed by atoms with van der Waals surface area (Å²) in [6.45, 7) is 15.3. The molecule has 0 aliphatic carbocycles. The Hall–Kier alpha value is -2.29. The van der Waals surface area contributed by atoms with Gasteiger partial charge in [-0.05, 0) is 85.8 Å². The first kappa shape index (κ1) is 30.7. The van der Waals surface area contributed by atoms with Gasteiger partial charge in [-0.25, -0.2) is 4.79 Å². The van der Waals surface area contributed by atoms with Gasteiger partial charge < -0.3 is 33.7 Å². The van der Waals surface area contributed by atoms with Gasteiger partial charge in [-0.2, -0.15) is 0 Å². The molecule has 4 atom stereocenters. The summed E-state index contributed by atoms with van der Waals surface area (Å²) in [7, 11) is 0. The molecular formula is C32H49NO7. The van der Waals surface area contributed by atoms with Gasteiger partial charge in [0.05, 0.1) is 32.5 Å². The van der Waals surface area contributed by atoms with Crippen molar-refractivity contribution in [2.24, 2.45) is 11.3 Å². The van der Waals surface area contributed by atoms with Crippen LogP contribution in [0.4, 0.5) is 4.79 Å². The van der Waals surface area contributed by atoms with Gasteiger partial charge in [-0.3, -0.25) is 0 Å². The highest BCUT2D eigenvalue weighted by molar-refractivity contribution is 5.68. The molecule has 0 saturated carbocycles. The highest BCUT2D eigenvalue weighted by Crippen LogP contribution is 2.56. The summed E-state index contributed by atoms with van der Waals surface area (Å²) in [5.41, 5.74) is 1.28. The second kappa shape index (κ2) is 12.7. The van der Waals surface area contributed by atoms with Crippen molar-refractivity contribution in [1.82, 2.24) is 4.90 Å². The molecule has 224 valence electrons. The van der Waals surface area contributed by atoms with Crippen molar-refractivity contribution in [1.29, 1.82) is 0 Å². The summed E-state index contributed by atoms with van der Waals surface area (Å²) in [6.07, 6.45) is 6.65. The molecule has 1 spiro atoms. The lowest BCUT2D eigenvalue weighted by atomic mass is 9.64. The second-order valence-electron chi connectivity index (χ2n) is 13.2. The van der Waals surface area contributed by atoms with E-state index < -0.39 is 11.2 Å². The highest BCUT2D eigenvalue weighted by atomic mass is 16.6. The maximum absolute atomic E-state index is 13.0. The number of amides is 1. The van der Waals surface area contributed by atoms with Crippen LogP contribution in [-0.2, 0) is 14.2 Å². The maximum Gasteiger partial charge on any atom is 0.410 e. The number of hydrogen-bond donors (Lipinski definition) is 1. The van der Waals surface area contributed by atoms with E-state index in [0.29, 0.717) is 33.0 Å². The van der Waals surface area contributed by atoms with E-state index in [0.717, 1.165) is 55.7 Å². The summed E-state index contributed by atoms with van der Waals surface area (Å²) < 4.78 is 30.6. The van der Waals surface area contributed by atoms with E-state index in [1.807, 2.05) is 37.8 Å². The van der Waals surface area contributed by atoms with Crippen molar-refractivity contribution >= 4 is 6.09 Å². The summed E-state index contributed by atoms with van der Waals surface area (Å²) in [5.74, 6) is 1.69. The van der Waals surface area contributed by atoms with E-state index in [2.05, 4.69) is 32.9 Å². The highest BCUT2D eigenvalue weighted by Gasteiger charge is 2.55. The van der Waals surface area contributed by atoms with Crippen LogP contribution in [0.5, 0.6) is 11.5 Å². The lowest BCUT2D eigenvalue weighted by Gasteiger charge is -2.55. The van der Waals surface area contributed by atoms with Crippen LogP contribution in [0, 0.1) is 11.3 Å². The first-order chi connectivity index (χ1) is 18.9. The van der Waals surface area contributed by atoms with E-state index in [1.165, 1.54) is 5.57 Å². The van der Waals surface area contributed by atoms with Gasteiger partial charge in [0.25, 0.3) is 0 Å². The van der Waals surface area contributed by atoms with Crippen molar-refractivity contribution in [3.05, 3.63) is 35.4 Å². The van der Waals surface area contributed by atoms with Gasteiger partial charge in [0.1, 0.15) is 29.3 Å². The summed E-state index contributed by atoms with van der Waals surface area (Å²) in [5, 5.41) is 8.89. The van der Waals surface area contributed by atoms with Gasteiger partial charge >= 0.3 is 6.09 Å². The summed E-state index contributed by atoms with van der Waals surface area (Å²) in [4.78, 5) is 14.9. The number of fused-ring (bicyclic) bond motifs is 3. The fraction of sp³-hybridized carbons (Fsp3) is 0.719. The molecule has 1 N–H and O–H groups in total. The van der Waals surface area contributed by atoms with Crippen molar-refractivity contribution in [3.8, 4) is 11.5 Å². The largest absolute Gasteiger partial charge is 0.491 e. The second-order valence-corrected chi connectivity index (χ2v) is 13.2. The number of hydrogen-bond acceptors (Lipinski definition) is 7. The number of likely N-dealkylation sites (tertiary alicyclic amines) is 1. The van der Waals surface area contributed by atoms with Gasteiger partial charge in [-0.1, -0.05) is 11.6 Å². The Morgan fingerprint density at radius 2 is 2.02 bits per heavy atom. The quantitative estimate of drug-likeness (QED) is 0.290. The van der Waals surface area contributed by atoms with Crippen LogP contribution in [0.3, 0.4) is 0 Å². The van der Waals surface area contributed by atoms with Crippen LogP contribution in [0.15, 0.2) is 29.8 Å². The number of carbonyl (C=O) groups is 1. The van der Waals surface area contributed by atoms with E-state index in [4.69, 9.17) is 28.8 Å². The van der Waals surface area contributed by atoms with E-state index in [1.54, 1.807) is 0 Å². The summed E-state index contributed by atoms with van der Waals surface area (Å²) in [6, 6.07) is 6.00.